The fourth-order valence-electron chi connectivity index (χ4n) is 3.81. The molecule has 0 unspecified atom stereocenters. The highest BCUT2D eigenvalue weighted by Crippen LogP contribution is 2.34. The summed E-state index contributed by atoms with van der Waals surface area (Å²) in [5, 5.41) is 8.33. The second-order valence-electron chi connectivity index (χ2n) is 7.02. The number of fused-ring (bicyclic) bond motifs is 1. The fourth-order valence-corrected chi connectivity index (χ4v) is 3.81. The van der Waals surface area contributed by atoms with E-state index >= 15 is 0 Å². The summed E-state index contributed by atoms with van der Waals surface area (Å²) in [6.45, 7) is 7.93. The molecule has 0 amide bonds. The molecule has 4 rings (SSSR count). The molecule has 0 bridgehead atoms. The molecular weight excluding hydrogens is 358 g/mol. The van der Waals surface area contributed by atoms with E-state index in [9.17, 15) is 0 Å². The summed E-state index contributed by atoms with van der Waals surface area (Å²) in [6.07, 6.45) is 0. The second kappa shape index (κ2) is 9.44. The van der Waals surface area contributed by atoms with Crippen LogP contribution in [-0.4, -0.2) is 23.4 Å². The average Bonchev–Trinajstić information content (AvgIpc) is 3.03. The van der Waals surface area contributed by atoms with Gasteiger partial charge >= 0.3 is 0 Å². The van der Waals surface area contributed by atoms with Gasteiger partial charge in [-0.15, -0.1) is 0 Å². The third-order valence-electron chi connectivity index (χ3n) is 5.09. The standard InChI is InChI=1S/C25H25NO.CH4O/c1-4-27-22-13-11-20(12-14-22)17-26-24-15-10-18(2)16-23(24)19(3)25(26)21-8-6-5-7-9-21;1-2/h5-16H,4,17H2,1-3H3;2H,1H3. The molecule has 0 aliphatic heterocycles. The monoisotopic (exact) mass is 387 g/mol. The van der Waals surface area contributed by atoms with Gasteiger partial charge in [-0.3, -0.25) is 0 Å². The van der Waals surface area contributed by atoms with E-state index in [0.717, 1.165) is 19.4 Å². The van der Waals surface area contributed by atoms with Crippen LogP contribution in [0.4, 0.5) is 0 Å². The molecular formula is C26H29NO2. The second-order valence-corrected chi connectivity index (χ2v) is 7.02. The summed E-state index contributed by atoms with van der Waals surface area (Å²) in [6, 6.07) is 25.9. The van der Waals surface area contributed by atoms with Crippen molar-refractivity contribution in [2.45, 2.75) is 27.3 Å². The Hall–Kier alpha value is -3.04. The Morgan fingerprint density at radius 2 is 1.55 bits per heavy atom. The molecule has 0 fully saturated rings. The lowest BCUT2D eigenvalue weighted by atomic mass is 10.1. The number of benzene rings is 3. The molecule has 0 aliphatic rings. The minimum absolute atomic E-state index is 0.693. The highest BCUT2D eigenvalue weighted by Gasteiger charge is 2.16. The summed E-state index contributed by atoms with van der Waals surface area (Å²) in [5.41, 5.74) is 7.74. The largest absolute Gasteiger partial charge is 0.494 e. The Morgan fingerprint density at radius 3 is 2.21 bits per heavy atom. The normalized spacial score (nSPS) is 10.5. The zero-order valence-electron chi connectivity index (χ0n) is 17.6. The van der Waals surface area contributed by atoms with Crippen molar-refractivity contribution in [3.05, 3.63) is 89.5 Å². The smallest absolute Gasteiger partial charge is 0.119 e. The summed E-state index contributed by atoms with van der Waals surface area (Å²) < 4.78 is 8.02. The van der Waals surface area contributed by atoms with Gasteiger partial charge in [-0.1, -0.05) is 54.1 Å². The Bertz CT molecular complexity index is 1060. The summed E-state index contributed by atoms with van der Waals surface area (Å²) >= 11 is 0. The van der Waals surface area contributed by atoms with E-state index in [1.165, 1.54) is 38.9 Å². The van der Waals surface area contributed by atoms with Gasteiger partial charge in [0.1, 0.15) is 5.75 Å². The van der Waals surface area contributed by atoms with Crippen molar-refractivity contribution in [1.29, 1.82) is 0 Å². The van der Waals surface area contributed by atoms with Crippen LogP contribution in [0.5, 0.6) is 5.75 Å². The zero-order valence-corrected chi connectivity index (χ0v) is 17.6. The Balaban J connectivity index is 0.00000117. The van der Waals surface area contributed by atoms with Gasteiger partial charge in [0.25, 0.3) is 0 Å². The molecule has 4 aromatic rings. The lowest BCUT2D eigenvalue weighted by molar-refractivity contribution is 0.340. The molecule has 0 spiro atoms. The lowest BCUT2D eigenvalue weighted by Gasteiger charge is -2.13. The maximum absolute atomic E-state index is 7.00. The van der Waals surface area contributed by atoms with Gasteiger partial charge in [0.2, 0.25) is 0 Å². The van der Waals surface area contributed by atoms with E-state index in [1.807, 2.05) is 6.92 Å². The summed E-state index contributed by atoms with van der Waals surface area (Å²) in [7, 11) is 1.00. The number of aryl methyl sites for hydroxylation is 2. The minimum Gasteiger partial charge on any atom is -0.494 e. The van der Waals surface area contributed by atoms with Crippen molar-refractivity contribution < 1.29 is 9.84 Å². The number of nitrogens with zero attached hydrogens (tertiary/aromatic N) is 1. The lowest BCUT2D eigenvalue weighted by Crippen LogP contribution is -2.02. The highest BCUT2D eigenvalue weighted by atomic mass is 16.5. The molecule has 0 saturated heterocycles. The molecule has 3 heteroatoms. The van der Waals surface area contributed by atoms with Gasteiger partial charge in [0, 0.05) is 24.6 Å². The quantitative estimate of drug-likeness (QED) is 0.457. The van der Waals surface area contributed by atoms with Gasteiger partial charge in [-0.05, 0) is 61.7 Å². The molecule has 3 nitrogen and oxygen atoms in total. The van der Waals surface area contributed by atoms with Crippen LogP contribution < -0.4 is 4.74 Å². The number of ether oxygens (including phenoxy) is 1. The van der Waals surface area contributed by atoms with Crippen LogP contribution in [0.1, 0.15) is 23.6 Å². The Morgan fingerprint density at radius 1 is 0.862 bits per heavy atom. The predicted molar refractivity (Wildman–Crippen MR) is 122 cm³/mol. The van der Waals surface area contributed by atoms with Crippen LogP contribution in [0, 0.1) is 13.8 Å². The molecule has 1 heterocycles. The van der Waals surface area contributed by atoms with E-state index < -0.39 is 0 Å². The van der Waals surface area contributed by atoms with E-state index in [0.29, 0.717) is 6.61 Å². The maximum Gasteiger partial charge on any atom is 0.119 e. The van der Waals surface area contributed by atoms with Gasteiger partial charge in [0.15, 0.2) is 0 Å². The van der Waals surface area contributed by atoms with Gasteiger partial charge in [0.05, 0.1) is 12.3 Å². The van der Waals surface area contributed by atoms with E-state index in [2.05, 4.69) is 91.2 Å². The number of hydrogen-bond donors (Lipinski definition) is 1. The van der Waals surface area contributed by atoms with Crippen molar-refractivity contribution in [3.8, 4) is 17.0 Å². The molecule has 3 aromatic carbocycles. The van der Waals surface area contributed by atoms with Crippen LogP contribution in [0.3, 0.4) is 0 Å². The Labute approximate surface area is 173 Å². The molecule has 0 radical (unpaired) electrons. The predicted octanol–water partition coefficient (Wildman–Crippen LogP) is 5.98. The van der Waals surface area contributed by atoms with Crippen LogP contribution in [0.25, 0.3) is 22.2 Å². The molecule has 0 saturated carbocycles. The number of aromatic nitrogens is 1. The van der Waals surface area contributed by atoms with Crippen molar-refractivity contribution in [2.24, 2.45) is 0 Å². The van der Waals surface area contributed by atoms with Crippen LogP contribution >= 0.6 is 0 Å². The molecule has 0 aliphatic carbocycles. The first kappa shape index (κ1) is 20.7. The third kappa shape index (κ3) is 4.36. The zero-order chi connectivity index (χ0) is 20.8. The molecule has 1 aromatic heterocycles. The van der Waals surface area contributed by atoms with Gasteiger partial charge in [-0.2, -0.15) is 0 Å². The van der Waals surface area contributed by atoms with Crippen molar-refractivity contribution in [3.63, 3.8) is 0 Å². The summed E-state index contributed by atoms with van der Waals surface area (Å²) in [5.74, 6) is 0.925. The van der Waals surface area contributed by atoms with Crippen molar-refractivity contribution in [2.75, 3.05) is 13.7 Å². The number of rotatable bonds is 5. The molecule has 150 valence electrons. The van der Waals surface area contributed by atoms with Gasteiger partial charge < -0.3 is 14.4 Å². The number of aliphatic hydroxyl groups is 1. The third-order valence-corrected chi connectivity index (χ3v) is 5.09. The Kier molecular flexibility index (Phi) is 6.73. The van der Waals surface area contributed by atoms with Gasteiger partial charge in [-0.25, -0.2) is 0 Å². The first-order chi connectivity index (χ1) is 14.2. The number of hydrogen-bond acceptors (Lipinski definition) is 2. The molecule has 29 heavy (non-hydrogen) atoms. The first-order valence-corrected chi connectivity index (χ1v) is 9.98. The topological polar surface area (TPSA) is 34.4 Å². The fraction of sp³-hybridized carbons (Fsp3) is 0.231. The van der Waals surface area contributed by atoms with E-state index in [1.54, 1.807) is 0 Å². The molecule has 0 atom stereocenters. The molecule has 1 N–H and O–H groups in total. The van der Waals surface area contributed by atoms with Crippen molar-refractivity contribution >= 4 is 10.9 Å². The summed E-state index contributed by atoms with van der Waals surface area (Å²) in [4.78, 5) is 0. The SMILES string of the molecule is CCOc1ccc(Cn2c(-c3ccccc3)c(C)c3cc(C)ccc32)cc1.CO. The maximum atomic E-state index is 7.00. The van der Waals surface area contributed by atoms with Crippen LogP contribution in [0.2, 0.25) is 0 Å². The van der Waals surface area contributed by atoms with E-state index in [-0.39, 0.29) is 0 Å². The highest BCUT2D eigenvalue weighted by molar-refractivity contribution is 5.92. The van der Waals surface area contributed by atoms with E-state index in [4.69, 9.17) is 9.84 Å². The van der Waals surface area contributed by atoms with Crippen molar-refractivity contribution in [1.82, 2.24) is 4.57 Å². The minimum atomic E-state index is 0.693. The average molecular weight is 388 g/mol. The number of aliphatic hydroxyl groups excluding tert-OH is 1. The van der Waals surface area contributed by atoms with Crippen LogP contribution in [0.15, 0.2) is 72.8 Å². The van der Waals surface area contributed by atoms with Crippen LogP contribution in [-0.2, 0) is 6.54 Å². The first-order valence-electron chi connectivity index (χ1n) is 9.98.